The van der Waals surface area contributed by atoms with Crippen molar-refractivity contribution in [3.63, 3.8) is 0 Å². The summed E-state index contributed by atoms with van der Waals surface area (Å²) in [5, 5.41) is 3.85. The Morgan fingerprint density at radius 1 is 0.968 bits per heavy atom. The molecular formula is C23H20Cl2N2O3S. The lowest BCUT2D eigenvalue weighted by Gasteiger charge is -2.23. The van der Waals surface area contributed by atoms with Gasteiger partial charge in [0.05, 0.1) is 17.1 Å². The van der Waals surface area contributed by atoms with Crippen molar-refractivity contribution in [1.29, 1.82) is 0 Å². The van der Waals surface area contributed by atoms with Crippen molar-refractivity contribution in [2.75, 3.05) is 10.8 Å². The van der Waals surface area contributed by atoms with Gasteiger partial charge in [-0.2, -0.15) is 0 Å². The van der Waals surface area contributed by atoms with Crippen molar-refractivity contribution in [2.24, 2.45) is 0 Å². The summed E-state index contributed by atoms with van der Waals surface area (Å²) in [6.07, 6.45) is 1.49. The van der Waals surface area contributed by atoms with E-state index in [1.165, 1.54) is 28.6 Å². The number of anilines is 1. The molecule has 0 aromatic heterocycles. The number of carbonyl (C=O) groups is 1. The fraction of sp³-hybridized carbons (Fsp3) is 0.0870. The molecule has 3 aromatic carbocycles. The second-order valence-electron chi connectivity index (χ2n) is 6.64. The first kappa shape index (κ1) is 22.9. The highest BCUT2D eigenvalue weighted by Gasteiger charge is 2.25. The molecule has 3 rings (SSSR count). The Hall–Kier alpha value is -2.80. The van der Waals surface area contributed by atoms with Gasteiger partial charge in [0.25, 0.3) is 15.9 Å². The Labute approximate surface area is 192 Å². The van der Waals surface area contributed by atoms with E-state index in [2.05, 4.69) is 11.9 Å². The van der Waals surface area contributed by atoms with Gasteiger partial charge in [0.2, 0.25) is 0 Å². The number of sulfonamides is 1. The van der Waals surface area contributed by atoms with Crippen LogP contribution < -0.4 is 9.62 Å². The van der Waals surface area contributed by atoms with Crippen LogP contribution in [0.25, 0.3) is 0 Å². The number of hydrogen-bond donors (Lipinski definition) is 1. The Morgan fingerprint density at radius 2 is 1.68 bits per heavy atom. The van der Waals surface area contributed by atoms with Crippen LogP contribution in [-0.2, 0) is 16.6 Å². The number of rotatable bonds is 8. The van der Waals surface area contributed by atoms with Crippen LogP contribution >= 0.6 is 23.2 Å². The van der Waals surface area contributed by atoms with Gasteiger partial charge in [0.15, 0.2) is 0 Å². The second-order valence-corrected chi connectivity index (χ2v) is 9.38. The molecule has 0 aliphatic rings. The van der Waals surface area contributed by atoms with E-state index in [-0.39, 0.29) is 23.5 Å². The molecular weight excluding hydrogens is 455 g/mol. The highest BCUT2D eigenvalue weighted by atomic mass is 35.5. The van der Waals surface area contributed by atoms with Gasteiger partial charge >= 0.3 is 0 Å². The zero-order chi connectivity index (χ0) is 22.4. The number of carbonyl (C=O) groups excluding carboxylic acids is 1. The fourth-order valence-electron chi connectivity index (χ4n) is 2.92. The molecule has 0 aliphatic heterocycles. The average molecular weight is 475 g/mol. The lowest BCUT2D eigenvalue weighted by Crippen LogP contribution is -2.31. The number of nitrogens with one attached hydrogen (secondary N) is 1. The molecule has 0 heterocycles. The molecule has 0 spiro atoms. The van der Waals surface area contributed by atoms with Gasteiger partial charge in [-0.25, -0.2) is 8.42 Å². The van der Waals surface area contributed by atoms with Gasteiger partial charge in [0, 0.05) is 22.2 Å². The number of hydrogen-bond acceptors (Lipinski definition) is 3. The molecule has 0 radical (unpaired) electrons. The zero-order valence-electron chi connectivity index (χ0n) is 16.5. The van der Waals surface area contributed by atoms with Crippen LogP contribution in [-0.4, -0.2) is 20.9 Å². The Kier molecular flexibility index (Phi) is 7.38. The molecule has 0 atom stereocenters. The van der Waals surface area contributed by atoms with E-state index >= 15 is 0 Å². The molecule has 5 nitrogen and oxygen atoms in total. The second kappa shape index (κ2) is 10.0. The molecule has 31 heavy (non-hydrogen) atoms. The average Bonchev–Trinajstić information content (AvgIpc) is 2.76. The van der Waals surface area contributed by atoms with E-state index in [4.69, 9.17) is 23.2 Å². The Bertz CT molecular complexity index is 1200. The minimum atomic E-state index is -3.94. The number of benzene rings is 3. The van der Waals surface area contributed by atoms with Crippen molar-refractivity contribution in [2.45, 2.75) is 11.4 Å². The van der Waals surface area contributed by atoms with Crippen molar-refractivity contribution < 1.29 is 13.2 Å². The van der Waals surface area contributed by atoms with Crippen molar-refractivity contribution in [1.82, 2.24) is 5.32 Å². The van der Waals surface area contributed by atoms with Crippen LogP contribution in [0.5, 0.6) is 0 Å². The summed E-state index contributed by atoms with van der Waals surface area (Å²) in [5.41, 5.74) is 1.52. The third-order valence-electron chi connectivity index (χ3n) is 4.44. The number of nitrogens with zero attached hydrogens (tertiary/aromatic N) is 1. The van der Waals surface area contributed by atoms with Crippen LogP contribution in [0.1, 0.15) is 15.9 Å². The van der Waals surface area contributed by atoms with Gasteiger partial charge < -0.3 is 5.32 Å². The van der Waals surface area contributed by atoms with Crippen LogP contribution in [0.4, 0.5) is 5.69 Å². The van der Waals surface area contributed by atoms with Crippen LogP contribution in [0, 0.1) is 0 Å². The summed E-state index contributed by atoms with van der Waals surface area (Å²) in [5.74, 6) is -0.390. The van der Waals surface area contributed by atoms with E-state index in [0.717, 1.165) is 5.56 Å². The molecule has 0 bridgehead atoms. The highest BCUT2D eigenvalue weighted by molar-refractivity contribution is 7.92. The molecule has 0 aliphatic carbocycles. The van der Waals surface area contributed by atoms with Gasteiger partial charge in [-0.05, 0) is 60.2 Å². The van der Waals surface area contributed by atoms with E-state index < -0.39 is 15.9 Å². The largest absolute Gasteiger partial charge is 0.348 e. The predicted molar refractivity (Wildman–Crippen MR) is 125 cm³/mol. The molecule has 160 valence electrons. The van der Waals surface area contributed by atoms with Gasteiger partial charge in [-0.1, -0.05) is 47.5 Å². The zero-order valence-corrected chi connectivity index (χ0v) is 18.8. The first-order valence-corrected chi connectivity index (χ1v) is 11.5. The first-order valence-electron chi connectivity index (χ1n) is 9.33. The molecule has 0 saturated carbocycles. The lowest BCUT2D eigenvalue weighted by molar-refractivity contribution is 0.0950. The van der Waals surface area contributed by atoms with Crippen molar-refractivity contribution in [3.05, 3.63) is 107 Å². The van der Waals surface area contributed by atoms with Crippen LogP contribution in [0.2, 0.25) is 10.0 Å². The fourth-order valence-corrected chi connectivity index (χ4v) is 4.74. The molecule has 0 unspecified atom stereocenters. The SMILES string of the molecule is C=CCN(c1ccc(Cl)cc1)S(=O)(=O)c1cccc(C(=O)NCc2cccc(Cl)c2)c1. The minimum Gasteiger partial charge on any atom is -0.348 e. The minimum absolute atomic E-state index is 0.000273. The summed E-state index contributed by atoms with van der Waals surface area (Å²) in [6, 6.07) is 19.5. The highest BCUT2D eigenvalue weighted by Crippen LogP contribution is 2.25. The molecule has 1 N–H and O–H groups in total. The predicted octanol–water partition coefficient (Wildman–Crippen LogP) is 5.30. The van der Waals surface area contributed by atoms with Crippen LogP contribution in [0.15, 0.2) is 90.3 Å². The maximum atomic E-state index is 13.3. The van der Waals surface area contributed by atoms with E-state index in [0.29, 0.717) is 15.7 Å². The molecule has 0 saturated heterocycles. The third-order valence-corrected chi connectivity index (χ3v) is 6.71. The standard InChI is InChI=1S/C23H20Cl2N2O3S/c1-2-13-27(21-11-9-19(24)10-12-21)31(29,30)22-8-4-6-18(15-22)23(28)26-16-17-5-3-7-20(25)14-17/h2-12,14-15H,1,13,16H2,(H,26,28). The number of amides is 1. The quantitative estimate of drug-likeness (QED) is 0.450. The lowest BCUT2D eigenvalue weighted by atomic mass is 10.2. The van der Waals surface area contributed by atoms with Crippen LogP contribution in [0.3, 0.4) is 0 Å². The Balaban J connectivity index is 1.84. The smallest absolute Gasteiger partial charge is 0.264 e. The molecule has 0 fully saturated rings. The normalized spacial score (nSPS) is 11.0. The molecule has 3 aromatic rings. The molecule has 8 heteroatoms. The van der Waals surface area contributed by atoms with Gasteiger partial charge in [-0.3, -0.25) is 9.10 Å². The molecule has 1 amide bonds. The number of halogens is 2. The van der Waals surface area contributed by atoms with Crippen molar-refractivity contribution >= 4 is 44.8 Å². The monoisotopic (exact) mass is 474 g/mol. The van der Waals surface area contributed by atoms with E-state index in [1.54, 1.807) is 48.5 Å². The summed E-state index contributed by atoms with van der Waals surface area (Å²) in [6.45, 7) is 3.98. The summed E-state index contributed by atoms with van der Waals surface area (Å²) >= 11 is 11.9. The topological polar surface area (TPSA) is 66.5 Å². The summed E-state index contributed by atoms with van der Waals surface area (Å²) < 4.78 is 27.8. The summed E-state index contributed by atoms with van der Waals surface area (Å²) in [4.78, 5) is 12.6. The Morgan fingerprint density at radius 3 is 2.35 bits per heavy atom. The maximum Gasteiger partial charge on any atom is 0.264 e. The van der Waals surface area contributed by atoms with Gasteiger partial charge in [0.1, 0.15) is 0 Å². The summed E-state index contributed by atoms with van der Waals surface area (Å²) in [7, 11) is -3.94. The maximum absolute atomic E-state index is 13.3. The third kappa shape index (κ3) is 5.67. The van der Waals surface area contributed by atoms with Crippen molar-refractivity contribution in [3.8, 4) is 0 Å². The first-order chi connectivity index (χ1) is 14.8. The van der Waals surface area contributed by atoms with E-state index in [9.17, 15) is 13.2 Å². The van der Waals surface area contributed by atoms with Gasteiger partial charge in [-0.15, -0.1) is 6.58 Å². The van der Waals surface area contributed by atoms with E-state index in [1.807, 2.05) is 6.07 Å².